The van der Waals surface area contributed by atoms with Crippen molar-refractivity contribution in [3.05, 3.63) is 0 Å². The van der Waals surface area contributed by atoms with Gasteiger partial charge in [0, 0.05) is 6.54 Å². The van der Waals surface area contributed by atoms with Gasteiger partial charge < -0.3 is 15.8 Å². The van der Waals surface area contributed by atoms with Crippen molar-refractivity contribution in [1.29, 1.82) is 0 Å². The lowest BCUT2D eigenvalue weighted by atomic mass is 9.82. The first-order chi connectivity index (χ1) is 6.76. The maximum Gasteiger partial charge on any atom is 0.246 e. The minimum Gasteiger partial charge on any atom is -0.368 e. The summed E-state index contributed by atoms with van der Waals surface area (Å²) in [4.78, 5) is 11.1. The van der Waals surface area contributed by atoms with Gasteiger partial charge in [0.05, 0.1) is 6.10 Å². The van der Waals surface area contributed by atoms with Crippen molar-refractivity contribution in [1.82, 2.24) is 5.32 Å². The molecule has 0 saturated heterocycles. The van der Waals surface area contributed by atoms with E-state index in [0.29, 0.717) is 5.92 Å². The summed E-state index contributed by atoms with van der Waals surface area (Å²) in [5.41, 5.74) is 5.48. The Kier molecular flexibility index (Phi) is 4.90. The Morgan fingerprint density at radius 1 is 1.57 bits per heavy atom. The van der Waals surface area contributed by atoms with Gasteiger partial charge in [0.1, 0.15) is 6.61 Å². The molecule has 3 N–H and O–H groups in total. The molecule has 4 heteroatoms. The summed E-state index contributed by atoms with van der Waals surface area (Å²) in [6, 6.07) is 0. The van der Waals surface area contributed by atoms with Gasteiger partial charge in [0.2, 0.25) is 5.91 Å². The number of hydrogen-bond acceptors (Lipinski definition) is 3. The summed E-state index contributed by atoms with van der Waals surface area (Å²) >= 11 is 0. The number of carbonyl (C=O) groups excluding carboxylic acids is 1. The summed E-state index contributed by atoms with van der Waals surface area (Å²) < 4.78 is 5.40. The third kappa shape index (κ3) is 3.64. The molecule has 0 bridgehead atoms. The summed E-state index contributed by atoms with van der Waals surface area (Å²) in [7, 11) is 0. The molecule has 0 spiro atoms. The highest BCUT2D eigenvalue weighted by Crippen LogP contribution is 2.28. The second kappa shape index (κ2) is 5.98. The lowest BCUT2D eigenvalue weighted by molar-refractivity contribution is -0.130. The maximum absolute atomic E-state index is 11.1. The standard InChI is InChI=1S/C10H20N2O2/c1-2-3-12-10(13)7-14-9-4-8(5-9)6-11/h8-9H,2-7,11H2,1H3,(H,12,13). The lowest BCUT2D eigenvalue weighted by Crippen LogP contribution is -2.38. The largest absolute Gasteiger partial charge is 0.368 e. The SMILES string of the molecule is CCCNC(=O)COC1CC(CN)C1. The molecule has 4 nitrogen and oxygen atoms in total. The van der Waals surface area contributed by atoms with Gasteiger partial charge in [0.25, 0.3) is 0 Å². The molecule has 0 atom stereocenters. The summed E-state index contributed by atoms with van der Waals surface area (Å²) in [5, 5.41) is 2.77. The number of nitrogens with one attached hydrogen (secondary N) is 1. The lowest BCUT2D eigenvalue weighted by Gasteiger charge is -2.33. The van der Waals surface area contributed by atoms with Crippen molar-refractivity contribution < 1.29 is 9.53 Å². The van der Waals surface area contributed by atoms with E-state index in [1.165, 1.54) is 0 Å². The molecule has 82 valence electrons. The van der Waals surface area contributed by atoms with Crippen LogP contribution in [0, 0.1) is 5.92 Å². The van der Waals surface area contributed by atoms with E-state index in [1.54, 1.807) is 0 Å². The average Bonchev–Trinajstić information content (AvgIpc) is 2.12. The van der Waals surface area contributed by atoms with Crippen LogP contribution in [0.4, 0.5) is 0 Å². The van der Waals surface area contributed by atoms with Crippen molar-refractivity contribution in [3.63, 3.8) is 0 Å². The van der Waals surface area contributed by atoms with E-state index in [2.05, 4.69) is 5.32 Å². The first-order valence-corrected chi connectivity index (χ1v) is 5.34. The molecule has 0 aliphatic heterocycles. The van der Waals surface area contributed by atoms with Crippen LogP contribution in [-0.2, 0) is 9.53 Å². The van der Waals surface area contributed by atoms with Crippen molar-refractivity contribution in [2.45, 2.75) is 32.3 Å². The van der Waals surface area contributed by atoms with E-state index in [-0.39, 0.29) is 18.6 Å². The minimum atomic E-state index is -0.0111. The van der Waals surface area contributed by atoms with Gasteiger partial charge in [-0.05, 0) is 31.7 Å². The fourth-order valence-electron chi connectivity index (χ4n) is 1.51. The van der Waals surface area contributed by atoms with E-state index in [4.69, 9.17) is 10.5 Å². The quantitative estimate of drug-likeness (QED) is 0.646. The Morgan fingerprint density at radius 2 is 2.29 bits per heavy atom. The second-order valence-corrected chi connectivity index (χ2v) is 3.86. The zero-order chi connectivity index (χ0) is 10.4. The highest BCUT2D eigenvalue weighted by atomic mass is 16.5. The Hall–Kier alpha value is -0.610. The fourth-order valence-corrected chi connectivity index (χ4v) is 1.51. The molecule has 0 heterocycles. The van der Waals surface area contributed by atoms with E-state index >= 15 is 0 Å². The first-order valence-electron chi connectivity index (χ1n) is 5.34. The summed E-state index contributed by atoms with van der Waals surface area (Å²) in [6.45, 7) is 3.70. The highest BCUT2D eigenvalue weighted by Gasteiger charge is 2.28. The number of nitrogens with two attached hydrogens (primary N) is 1. The molecule has 1 fully saturated rings. The van der Waals surface area contributed by atoms with Gasteiger partial charge in [-0.3, -0.25) is 4.79 Å². The Morgan fingerprint density at radius 3 is 2.86 bits per heavy atom. The monoisotopic (exact) mass is 200 g/mol. The number of carbonyl (C=O) groups is 1. The molecule has 1 saturated carbocycles. The molecular formula is C10H20N2O2. The molecule has 0 radical (unpaired) electrons. The van der Waals surface area contributed by atoms with Crippen LogP contribution in [-0.4, -0.2) is 31.7 Å². The van der Waals surface area contributed by atoms with Crippen molar-refractivity contribution >= 4 is 5.91 Å². The Labute approximate surface area is 85.2 Å². The second-order valence-electron chi connectivity index (χ2n) is 3.86. The van der Waals surface area contributed by atoms with E-state index < -0.39 is 0 Å². The zero-order valence-corrected chi connectivity index (χ0v) is 8.79. The summed E-state index contributed by atoms with van der Waals surface area (Å²) in [5.74, 6) is 0.599. The average molecular weight is 200 g/mol. The molecule has 0 aromatic rings. The van der Waals surface area contributed by atoms with Crippen LogP contribution in [0.25, 0.3) is 0 Å². The molecule has 0 unspecified atom stereocenters. The van der Waals surface area contributed by atoms with Gasteiger partial charge in [-0.2, -0.15) is 0 Å². The number of amides is 1. The van der Waals surface area contributed by atoms with Gasteiger partial charge in [-0.15, -0.1) is 0 Å². The van der Waals surface area contributed by atoms with Crippen LogP contribution in [0.2, 0.25) is 0 Å². The molecule has 1 rings (SSSR count). The molecule has 1 aliphatic carbocycles. The molecule has 14 heavy (non-hydrogen) atoms. The van der Waals surface area contributed by atoms with Crippen LogP contribution in [0.5, 0.6) is 0 Å². The minimum absolute atomic E-state index is 0.0111. The smallest absolute Gasteiger partial charge is 0.246 e. The molecule has 0 aromatic heterocycles. The predicted molar refractivity (Wildman–Crippen MR) is 54.8 cm³/mol. The molecule has 0 aromatic carbocycles. The van der Waals surface area contributed by atoms with Crippen LogP contribution >= 0.6 is 0 Å². The van der Waals surface area contributed by atoms with Crippen LogP contribution in [0.15, 0.2) is 0 Å². The number of rotatable bonds is 6. The Balaban J connectivity index is 1.96. The fraction of sp³-hybridized carbons (Fsp3) is 0.900. The summed E-state index contributed by atoms with van der Waals surface area (Å²) in [6.07, 6.45) is 3.25. The topological polar surface area (TPSA) is 64.3 Å². The maximum atomic E-state index is 11.1. The third-order valence-electron chi connectivity index (χ3n) is 2.55. The normalized spacial score (nSPS) is 25.6. The van der Waals surface area contributed by atoms with Gasteiger partial charge >= 0.3 is 0 Å². The van der Waals surface area contributed by atoms with Gasteiger partial charge in [0.15, 0.2) is 0 Å². The number of hydrogen-bond donors (Lipinski definition) is 2. The van der Waals surface area contributed by atoms with Crippen molar-refractivity contribution in [3.8, 4) is 0 Å². The van der Waals surface area contributed by atoms with Crippen LogP contribution < -0.4 is 11.1 Å². The van der Waals surface area contributed by atoms with E-state index in [0.717, 1.165) is 32.4 Å². The van der Waals surface area contributed by atoms with Crippen LogP contribution in [0.3, 0.4) is 0 Å². The third-order valence-corrected chi connectivity index (χ3v) is 2.55. The van der Waals surface area contributed by atoms with Crippen molar-refractivity contribution in [2.24, 2.45) is 11.7 Å². The van der Waals surface area contributed by atoms with Gasteiger partial charge in [-0.25, -0.2) is 0 Å². The van der Waals surface area contributed by atoms with Gasteiger partial charge in [-0.1, -0.05) is 6.92 Å². The van der Waals surface area contributed by atoms with Crippen LogP contribution in [0.1, 0.15) is 26.2 Å². The number of ether oxygens (including phenoxy) is 1. The molecule has 1 amide bonds. The predicted octanol–water partition coefficient (Wildman–Crippen LogP) is 0.267. The highest BCUT2D eigenvalue weighted by molar-refractivity contribution is 5.77. The molecule has 1 aliphatic rings. The van der Waals surface area contributed by atoms with Crippen molar-refractivity contribution in [2.75, 3.05) is 19.7 Å². The Bertz CT molecular complexity index is 179. The van der Waals surface area contributed by atoms with E-state index in [9.17, 15) is 4.79 Å². The van der Waals surface area contributed by atoms with E-state index in [1.807, 2.05) is 6.92 Å². The molecular weight excluding hydrogens is 180 g/mol. The first kappa shape index (κ1) is 11.5. The zero-order valence-electron chi connectivity index (χ0n) is 8.79.